The number of rotatable bonds is 1. The van der Waals surface area contributed by atoms with Gasteiger partial charge in [-0.05, 0) is 31.8 Å². The van der Waals surface area contributed by atoms with Crippen molar-refractivity contribution in [2.24, 2.45) is 11.8 Å². The first-order valence-electron chi connectivity index (χ1n) is 4.20. The first kappa shape index (κ1) is 7.11. The van der Waals surface area contributed by atoms with Gasteiger partial charge in [0.15, 0.2) is 0 Å². The first-order chi connectivity index (χ1) is 5.07. The predicted molar refractivity (Wildman–Crippen MR) is 45.1 cm³/mol. The summed E-state index contributed by atoms with van der Waals surface area (Å²) in [7, 11) is 0. The third-order valence-electron chi connectivity index (χ3n) is 2.62. The van der Waals surface area contributed by atoms with Crippen LogP contribution in [0.25, 0.3) is 0 Å². The van der Waals surface area contributed by atoms with Gasteiger partial charge in [-0.1, -0.05) is 18.2 Å². The van der Waals surface area contributed by atoms with E-state index in [1.807, 2.05) is 13.8 Å². The molecule has 2 bridgehead atoms. The maximum atomic E-state index is 9.74. The van der Waals surface area contributed by atoms with Crippen LogP contribution in [0.3, 0.4) is 0 Å². The highest BCUT2D eigenvalue weighted by atomic mass is 16.3. The van der Waals surface area contributed by atoms with E-state index >= 15 is 0 Å². The smallest absolute Gasteiger partial charge is 0.0806 e. The van der Waals surface area contributed by atoms with Crippen LogP contribution in [0.15, 0.2) is 23.8 Å². The molecule has 0 aliphatic heterocycles. The number of hydrogen-bond acceptors (Lipinski definition) is 1. The molecule has 0 saturated carbocycles. The lowest BCUT2D eigenvalue weighted by Crippen LogP contribution is -2.24. The van der Waals surface area contributed by atoms with Crippen LogP contribution < -0.4 is 0 Å². The Labute approximate surface area is 67.4 Å². The van der Waals surface area contributed by atoms with Gasteiger partial charge >= 0.3 is 0 Å². The average molecular weight is 150 g/mol. The second-order valence-corrected chi connectivity index (χ2v) is 4.07. The van der Waals surface area contributed by atoms with E-state index in [0.717, 1.165) is 0 Å². The van der Waals surface area contributed by atoms with E-state index < -0.39 is 5.60 Å². The van der Waals surface area contributed by atoms with Crippen LogP contribution in [-0.2, 0) is 0 Å². The van der Waals surface area contributed by atoms with Crippen LogP contribution in [0, 0.1) is 11.8 Å². The Kier molecular flexibility index (Phi) is 1.28. The van der Waals surface area contributed by atoms with Crippen molar-refractivity contribution < 1.29 is 5.11 Å². The molecule has 2 aliphatic carbocycles. The summed E-state index contributed by atoms with van der Waals surface area (Å²) in [6, 6.07) is 0. The fourth-order valence-electron chi connectivity index (χ4n) is 2.09. The first-order valence-corrected chi connectivity index (χ1v) is 4.20. The molecule has 0 aromatic carbocycles. The summed E-state index contributed by atoms with van der Waals surface area (Å²) in [5.74, 6) is 1.14. The molecule has 0 saturated heterocycles. The molecule has 0 aromatic rings. The van der Waals surface area contributed by atoms with Crippen LogP contribution in [0.5, 0.6) is 0 Å². The maximum Gasteiger partial charge on any atom is 0.0806 e. The molecule has 0 fully saturated rings. The summed E-state index contributed by atoms with van der Waals surface area (Å²) in [6.07, 6.45) is 7.86. The van der Waals surface area contributed by atoms with Crippen LogP contribution in [0.4, 0.5) is 0 Å². The Morgan fingerprint density at radius 3 is 2.45 bits per heavy atom. The third kappa shape index (κ3) is 1.04. The number of allylic oxidation sites excluding steroid dienone is 3. The van der Waals surface area contributed by atoms with Gasteiger partial charge in [0.1, 0.15) is 0 Å². The van der Waals surface area contributed by atoms with Gasteiger partial charge in [-0.3, -0.25) is 0 Å². The van der Waals surface area contributed by atoms with E-state index in [1.54, 1.807) is 0 Å². The standard InChI is InChI=1S/C10H14O/c1-10(2,11)9-6-7-3-4-8(9)5-7/h3-4,6-8,11H,5H2,1-2H3. The van der Waals surface area contributed by atoms with E-state index in [-0.39, 0.29) is 0 Å². The molecular weight excluding hydrogens is 136 g/mol. The second-order valence-electron chi connectivity index (χ2n) is 4.07. The molecule has 2 rings (SSSR count). The van der Waals surface area contributed by atoms with Crippen molar-refractivity contribution in [3.8, 4) is 0 Å². The van der Waals surface area contributed by atoms with Gasteiger partial charge in [-0.15, -0.1) is 0 Å². The SMILES string of the molecule is CC(C)(O)C1=CC2C=CC1C2. The predicted octanol–water partition coefficient (Wildman–Crippen LogP) is 1.89. The van der Waals surface area contributed by atoms with Gasteiger partial charge in [0.25, 0.3) is 0 Å². The minimum absolute atomic E-state index is 0.528. The Bertz CT molecular complexity index is 230. The second kappa shape index (κ2) is 1.98. The van der Waals surface area contributed by atoms with Gasteiger partial charge < -0.3 is 5.11 Å². The number of hydrogen-bond donors (Lipinski definition) is 1. The van der Waals surface area contributed by atoms with Gasteiger partial charge in [-0.25, -0.2) is 0 Å². The summed E-state index contributed by atoms with van der Waals surface area (Å²) < 4.78 is 0. The molecule has 60 valence electrons. The minimum atomic E-state index is -0.607. The Morgan fingerprint density at radius 1 is 1.45 bits per heavy atom. The highest BCUT2D eigenvalue weighted by molar-refractivity contribution is 5.34. The molecule has 1 heteroatoms. The average Bonchev–Trinajstić information content (AvgIpc) is 2.42. The van der Waals surface area contributed by atoms with E-state index in [2.05, 4.69) is 18.2 Å². The molecule has 2 aliphatic rings. The summed E-state index contributed by atoms with van der Waals surface area (Å²) >= 11 is 0. The summed E-state index contributed by atoms with van der Waals surface area (Å²) in [4.78, 5) is 0. The van der Waals surface area contributed by atoms with Crippen molar-refractivity contribution in [3.05, 3.63) is 23.8 Å². The molecule has 11 heavy (non-hydrogen) atoms. The van der Waals surface area contributed by atoms with Crippen LogP contribution in [-0.4, -0.2) is 10.7 Å². The quantitative estimate of drug-likeness (QED) is 0.566. The van der Waals surface area contributed by atoms with Crippen LogP contribution in [0.2, 0.25) is 0 Å². The van der Waals surface area contributed by atoms with Crippen molar-refractivity contribution in [3.63, 3.8) is 0 Å². The molecule has 0 radical (unpaired) electrons. The Balaban J connectivity index is 2.26. The van der Waals surface area contributed by atoms with Crippen molar-refractivity contribution >= 4 is 0 Å². The van der Waals surface area contributed by atoms with Gasteiger partial charge in [0.05, 0.1) is 5.60 Å². The van der Waals surface area contributed by atoms with Crippen molar-refractivity contribution in [2.75, 3.05) is 0 Å². The number of aliphatic hydroxyl groups is 1. The molecule has 0 spiro atoms. The van der Waals surface area contributed by atoms with Gasteiger partial charge in [0, 0.05) is 5.92 Å². The minimum Gasteiger partial charge on any atom is -0.386 e. The topological polar surface area (TPSA) is 20.2 Å². The van der Waals surface area contributed by atoms with Gasteiger partial charge in [-0.2, -0.15) is 0 Å². The lowest BCUT2D eigenvalue weighted by Gasteiger charge is -2.23. The molecular formula is C10H14O. The zero-order chi connectivity index (χ0) is 8.06. The largest absolute Gasteiger partial charge is 0.386 e. The molecule has 0 amide bonds. The molecule has 0 aromatic heterocycles. The lowest BCUT2D eigenvalue weighted by molar-refractivity contribution is 0.112. The molecule has 2 atom stereocenters. The summed E-state index contributed by atoms with van der Waals surface area (Å²) in [5.41, 5.74) is 0.606. The lowest BCUT2D eigenvalue weighted by atomic mass is 9.89. The Hall–Kier alpha value is -0.560. The molecule has 2 unspecified atom stereocenters. The fourth-order valence-corrected chi connectivity index (χ4v) is 2.09. The summed E-state index contributed by atoms with van der Waals surface area (Å²) in [6.45, 7) is 3.74. The monoisotopic (exact) mass is 150 g/mol. The van der Waals surface area contributed by atoms with E-state index in [0.29, 0.717) is 11.8 Å². The molecule has 1 N–H and O–H groups in total. The summed E-state index contributed by atoms with van der Waals surface area (Å²) in [5, 5.41) is 9.74. The molecule has 1 nitrogen and oxygen atoms in total. The van der Waals surface area contributed by atoms with Crippen molar-refractivity contribution in [2.45, 2.75) is 25.9 Å². The molecule has 0 heterocycles. The van der Waals surface area contributed by atoms with E-state index in [1.165, 1.54) is 12.0 Å². The Morgan fingerprint density at radius 2 is 2.18 bits per heavy atom. The third-order valence-corrected chi connectivity index (χ3v) is 2.62. The normalized spacial score (nSPS) is 34.6. The van der Waals surface area contributed by atoms with E-state index in [4.69, 9.17) is 0 Å². The van der Waals surface area contributed by atoms with E-state index in [9.17, 15) is 5.11 Å². The maximum absolute atomic E-state index is 9.74. The zero-order valence-corrected chi connectivity index (χ0v) is 7.04. The van der Waals surface area contributed by atoms with Gasteiger partial charge in [0.2, 0.25) is 0 Å². The van der Waals surface area contributed by atoms with Crippen molar-refractivity contribution in [1.29, 1.82) is 0 Å². The van der Waals surface area contributed by atoms with Crippen LogP contribution in [0.1, 0.15) is 20.3 Å². The number of fused-ring (bicyclic) bond motifs is 2. The highest BCUT2D eigenvalue weighted by Crippen LogP contribution is 2.42. The highest BCUT2D eigenvalue weighted by Gasteiger charge is 2.35. The van der Waals surface area contributed by atoms with Crippen molar-refractivity contribution in [1.82, 2.24) is 0 Å². The fraction of sp³-hybridized carbons (Fsp3) is 0.600. The zero-order valence-electron chi connectivity index (χ0n) is 7.04. The van der Waals surface area contributed by atoms with Crippen LogP contribution >= 0.6 is 0 Å².